The van der Waals surface area contributed by atoms with Gasteiger partial charge in [-0.05, 0) is 63.4 Å². The molecule has 30 heavy (non-hydrogen) atoms. The van der Waals surface area contributed by atoms with Crippen molar-refractivity contribution in [2.45, 2.75) is 26.2 Å². The molecule has 0 saturated carbocycles. The summed E-state index contributed by atoms with van der Waals surface area (Å²) in [6.07, 6.45) is 14.5. The predicted molar refractivity (Wildman–Crippen MR) is 125 cm³/mol. The summed E-state index contributed by atoms with van der Waals surface area (Å²) in [5.74, 6) is 7.02. The second kappa shape index (κ2) is 11.0. The van der Waals surface area contributed by atoms with Crippen molar-refractivity contribution in [2.75, 3.05) is 18.4 Å². The predicted octanol–water partition coefficient (Wildman–Crippen LogP) is 4.47. The summed E-state index contributed by atoms with van der Waals surface area (Å²) in [5, 5.41) is 13.8. The highest BCUT2D eigenvalue weighted by Gasteiger charge is 2.14. The first kappa shape index (κ1) is 21.4. The van der Waals surface area contributed by atoms with Crippen LogP contribution < -0.4 is 10.6 Å². The molecule has 3 N–H and O–H groups in total. The largest absolute Gasteiger partial charge is 0.353 e. The van der Waals surface area contributed by atoms with Gasteiger partial charge in [0.15, 0.2) is 0 Å². The number of hydrogen-bond acceptors (Lipinski definition) is 4. The van der Waals surface area contributed by atoms with Crippen LogP contribution in [0.25, 0.3) is 5.70 Å². The Kier molecular flexibility index (Phi) is 7.82. The van der Waals surface area contributed by atoms with E-state index < -0.39 is 0 Å². The van der Waals surface area contributed by atoms with Crippen molar-refractivity contribution in [3.8, 4) is 11.8 Å². The average molecular weight is 400 g/mol. The van der Waals surface area contributed by atoms with E-state index in [0.717, 1.165) is 53.6 Å². The minimum atomic E-state index is 0.702. The van der Waals surface area contributed by atoms with Crippen molar-refractivity contribution in [3.63, 3.8) is 0 Å². The number of pyridine rings is 1. The number of anilines is 1. The molecule has 1 aliphatic rings. The molecule has 1 aliphatic heterocycles. The van der Waals surface area contributed by atoms with E-state index in [4.69, 9.17) is 0 Å². The van der Waals surface area contributed by atoms with Crippen molar-refractivity contribution in [1.82, 2.24) is 20.5 Å². The Balaban J connectivity index is 1.63. The monoisotopic (exact) mass is 399 g/mol. The molecule has 3 rings (SSSR count). The summed E-state index contributed by atoms with van der Waals surface area (Å²) in [7, 11) is 0. The standard InChI is InChI=1S/C25H29N5/c1-4-6-7-20(5-2)8-9-22-17-28-30-25(22)19(3)29-24-11-10-23(27-18-24)16-21-12-14-26-15-13-21/h4-7,10-11,17-18,21,26,29H,1,3,12-16H2,2H3,(H,28,30)/b7-6?,20-5+. The lowest BCUT2D eigenvalue weighted by Crippen LogP contribution is -2.28. The Hall–Kier alpha value is -3.36. The molecule has 5 nitrogen and oxygen atoms in total. The summed E-state index contributed by atoms with van der Waals surface area (Å²) in [6.45, 7) is 12.0. The number of rotatable bonds is 7. The van der Waals surface area contributed by atoms with Crippen LogP contribution in [-0.4, -0.2) is 28.3 Å². The molecule has 0 aliphatic carbocycles. The third-order valence-corrected chi connectivity index (χ3v) is 5.08. The molecule has 5 heteroatoms. The number of nitrogens with zero attached hydrogens (tertiary/aromatic N) is 2. The molecule has 2 aromatic rings. The molecule has 2 aromatic heterocycles. The van der Waals surface area contributed by atoms with E-state index in [9.17, 15) is 0 Å². The molecular formula is C25H29N5. The third kappa shape index (κ3) is 6.07. The van der Waals surface area contributed by atoms with Gasteiger partial charge in [0.25, 0.3) is 0 Å². The Morgan fingerprint density at radius 3 is 2.83 bits per heavy atom. The van der Waals surface area contributed by atoms with Crippen LogP contribution in [0.15, 0.2) is 67.6 Å². The van der Waals surface area contributed by atoms with Gasteiger partial charge in [-0.2, -0.15) is 5.10 Å². The maximum absolute atomic E-state index is 4.63. The first-order valence-corrected chi connectivity index (χ1v) is 10.3. The van der Waals surface area contributed by atoms with Crippen molar-refractivity contribution < 1.29 is 0 Å². The van der Waals surface area contributed by atoms with E-state index >= 15 is 0 Å². The maximum atomic E-state index is 4.63. The highest BCUT2D eigenvalue weighted by atomic mass is 15.1. The molecule has 0 spiro atoms. The van der Waals surface area contributed by atoms with E-state index in [2.05, 4.69) is 56.9 Å². The Morgan fingerprint density at radius 1 is 1.30 bits per heavy atom. The minimum Gasteiger partial charge on any atom is -0.353 e. The normalized spacial score (nSPS) is 14.9. The Morgan fingerprint density at radius 2 is 2.13 bits per heavy atom. The molecule has 0 amide bonds. The molecule has 3 heterocycles. The lowest BCUT2D eigenvalue weighted by molar-refractivity contribution is 0.370. The zero-order chi connectivity index (χ0) is 21.2. The van der Waals surface area contributed by atoms with Gasteiger partial charge in [0, 0.05) is 11.3 Å². The van der Waals surface area contributed by atoms with Crippen LogP contribution in [-0.2, 0) is 6.42 Å². The number of allylic oxidation sites excluding steroid dienone is 5. The van der Waals surface area contributed by atoms with Crippen LogP contribution in [0.3, 0.4) is 0 Å². The highest BCUT2D eigenvalue weighted by molar-refractivity contribution is 5.76. The fourth-order valence-electron chi connectivity index (χ4n) is 3.37. The van der Waals surface area contributed by atoms with Gasteiger partial charge in [0.2, 0.25) is 0 Å². The quantitative estimate of drug-likeness (QED) is 0.475. The van der Waals surface area contributed by atoms with Gasteiger partial charge in [-0.3, -0.25) is 10.1 Å². The third-order valence-electron chi connectivity index (χ3n) is 5.08. The lowest BCUT2D eigenvalue weighted by Gasteiger charge is -2.22. The Bertz CT molecular complexity index is 977. The summed E-state index contributed by atoms with van der Waals surface area (Å²) in [6, 6.07) is 4.14. The van der Waals surface area contributed by atoms with Gasteiger partial charge in [-0.25, -0.2) is 0 Å². The number of nitrogens with one attached hydrogen (secondary N) is 3. The average Bonchev–Trinajstić information content (AvgIpc) is 3.25. The minimum absolute atomic E-state index is 0.702. The molecule has 1 fully saturated rings. The molecule has 0 radical (unpaired) electrons. The number of hydrogen-bond donors (Lipinski definition) is 3. The van der Waals surface area contributed by atoms with Crippen molar-refractivity contribution in [2.24, 2.45) is 5.92 Å². The van der Waals surface area contributed by atoms with Crippen LogP contribution in [0, 0.1) is 17.8 Å². The van der Waals surface area contributed by atoms with Gasteiger partial charge in [-0.1, -0.05) is 43.2 Å². The maximum Gasteiger partial charge on any atom is 0.0963 e. The van der Waals surface area contributed by atoms with E-state index in [1.807, 2.05) is 37.4 Å². The fourth-order valence-corrected chi connectivity index (χ4v) is 3.37. The van der Waals surface area contributed by atoms with Crippen molar-refractivity contribution in [1.29, 1.82) is 0 Å². The molecule has 154 valence electrons. The first-order chi connectivity index (χ1) is 14.7. The van der Waals surface area contributed by atoms with Gasteiger partial charge in [0.05, 0.1) is 35.0 Å². The van der Waals surface area contributed by atoms with Crippen molar-refractivity contribution in [3.05, 3.63) is 84.5 Å². The summed E-state index contributed by atoms with van der Waals surface area (Å²) in [5.41, 5.74) is 5.20. The molecular weight excluding hydrogens is 370 g/mol. The fraction of sp³-hybridized carbons (Fsp3) is 0.280. The van der Waals surface area contributed by atoms with E-state index in [1.165, 1.54) is 12.8 Å². The lowest BCUT2D eigenvalue weighted by atomic mass is 9.93. The molecule has 0 bridgehead atoms. The molecule has 0 aromatic carbocycles. The topological polar surface area (TPSA) is 65.6 Å². The first-order valence-electron chi connectivity index (χ1n) is 10.3. The van der Waals surface area contributed by atoms with E-state index in [0.29, 0.717) is 5.70 Å². The van der Waals surface area contributed by atoms with Gasteiger partial charge < -0.3 is 10.6 Å². The van der Waals surface area contributed by atoms with E-state index in [-0.39, 0.29) is 0 Å². The van der Waals surface area contributed by atoms with Gasteiger partial charge >= 0.3 is 0 Å². The van der Waals surface area contributed by atoms with Crippen molar-refractivity contribution >= 4 is 11.4 Å². The summed E-state index contributed by atoms with van der Waals surface area (Å²) in [4.78, 5) is 4.63. The van der Waals surface area contributed by atoms with Gasteiger partial charge in [0.1, 0.15) is 0 Å². The molecule has 1 saturated heterocycles. The van der Waals surface area contributed by atoms with Crippen LogP contribution in [0.2, 0.25) is 0 Å². The molecule has 0 atom stereocenters. The van der Waals surface area contributed by atoms with Crippen LogP contribution in [0.4, 0.5) is 5.69 Å². The van der Waals surface area contributed by atoms with Crippen LogP contribution in [0.5, 0.6) is 0 Å². The number of piperidine rings is 1. The zero-order valence-electron chi connectivity index (χ0n) is 17.5. The Labute approximate surface area is 179 Å². The SMILES string of the molecule is C=CC=C/C(C#Cc1cn[nH]c1C(=C)Nc1ccc(CC2CCNCC2)nc1)=C\C. The molecule has 0 unspecified atom stereocenters. The number of H-pyrrole nitrogens is 1. The van der Waals surface area contributed by atoms with Gasteiger partial charge in [-0.15, -0.1) is 0 Å². The zero-order valence-corrected chi connectivity index (χ0v) is 17.5. The highest BCUT2D eigenvalue weighted by Crippen LogP contribution is 2.20. The summed E-state index contributed by atoms with van der Waals surface area (Å²) >= 11 is 0. The van der Waals surface area contributed by atoms with E-state index in [1.54, 1.807) is 12.3 Å². The smallest absolute Gasteiger partial charge is 0.0963 e. The number of aromatic nitrogens is 3. The second-order valence-corrected chi connectivity index (χ2v) is 7.29. The summed E-state index contributed by atoms with van der Waals surface area (Å²) < 4.78 is 0. The number of aromatic amines is 1. The van der Waals surface area contributed by atoms with Crippen LogP contribution >= 0.6 is 0 Å². The van der Waals surface area contributed by atoms with Crippen LogP contribution in [0.1, 0.15) is 36.7 Å². The second-order valence-electron chi connectivity index (χ2n) is 7.29.